The second-order valence-corrected chi connectivity index (χ2v) is 3.82. The van der Waals surface area contributed by atoms with Gasteiger partial charge in [-0.25, -0.2) is 5.10 Å². The molecule has 0 aliphatic carbocycles. The van der Waals surface area contributed by atoms with Crippen LogP contribution in [0.15, 0.2) is 0 Å². The number of nitrogens with one attached hydrogen (secondary N) is 1. The van der Waals surface area contributed by atoms with Crippen molar-refractivity contribution in [2.45, 2.75) is 33.2 Å². The fourth-order valence-electron chi connectivity index (χ4n) is 1.47. The summed E-state index contributed by atoms with van der Waals surface area (Å²) in [4.78, 5) is 2.24. The van der Waals surface area contributed by atoms with Gasteiger partial charge >= 0.3 is 0 Å². The molecule has 5 heteroatoms. The Morgan fingerprint density at radius 1 is 1.57 bits per heavy atom. The fraction of sp³-hybridized carbons (Fsp3) is 0.778. The average Bonchev–Trinajstić information content (AvgIpc) is 2.50. The monoisotopic (exact) mass is 214 g/mol. The Balaban J connectivity index is 3.00. The van der Waals surface area contributed by atoms with Crippen LogP contribution in [-0.2, 0) is 7.05 Å². The highest BCUT2D eigenvalue weighted by molar-refractivity contribution is 7.71. The Bertz CT molecular complexity index is 341. The zero-order valence-corrected chi connectivity index (χ0v) is 10.1. The molecule has 0 saturated heterocycles. The van der Waals surface area contributed by atoms with E-state index in [0.29, 0.717) is 10.8 Å². The van der Waals surface area contributed by atoms with Crippen molar-refractivity contribution >= 4 is 18.2 Å². The molecular weight excluding hydrogens is 196 g/mol. The lowest BCUT2D eigenvalue weighted by Crippen LogP contribution is -2.34. The van der Waals surface area contributed by atoms with Crippen LogP contribution in [0, 0.1) is 4.77 Å². The second-order valence-electron chi connectivity index (χ2n) is 3.43. The molecule has 4 nitrogen and oxygen atoms in total. The predicted molar refractivity (Wildman–Crippen MR) is 61.2 cm³/mol. The van der Waals surface area contributed by atoms with Crippen molar-refractivity contribution in [2.75, 3.05) is 11.4 Å². The van der Waals surface area contributed by atoms with Gasteiger partial charge < -0.3 is 4.90 Å². The predicted octanol–water partition coefficient (Wildman–Crippen LogP) is 2.10. The normalized spacial score (nSPS) is 12.9. The van der Waals surface area contributed by atoms with Gasteiger partial charge in [0.05, 0.1) is 0 Å². The van der Waals surface area contributed by atoms with Crippen LogP contribution in [0.1, 0.15) is 27.2 Å². The van der Waals surface area contributed by atoms with Crippen molar-refractivity contribution < 1.29 is 0 Å². The van der Waals surface area contributed by atoms with Crippen LogP contribution < -0.4 is 4.90 Å². The zero-order chi connectivity index (χ0) is 10.7. The summed E-state index contributed by atoms with van der Waals surface area (Å²) in [5.41, 5.74) is 0. The van der Waals surface area contributed by atoms with E-state index in [4.69, 9.17) is 12.2 Å². The summed E-state index contributed by atoms with van der Waals surface area (Å²) in [6.45, 7) is 7.45. The maximum atomic E-state index is 5.08. The minimum absolute atomic E-state index is 0.490. The molecule has 0 aliphatic rings. The first kappa shape index (κ1) is 11.2. The molecule has 0 bridgehead atoms. The molecule has 0 spiro atoms. The summed E-state index contributed by atoms with van der Waals surface area (Å²) in [5.74, 6) is 0.923. The zero-order valence-electron chi connectivity index (χ0n) is 9.24. The summed E-state index contributed by atoms with van der Waals surface area (Å²) in [7, 11) is 1.94. The lowest BCUT2D eigenvalue weighted by molar-refractivity contribution is 0.603. The molecule has 0 amide bonds. The molecule has 0 radical (unpaired) electrons. The van der Waals surface area contributed by atoms with Crippen molar-refractivity contribution in [3.05, 3.63) is 4.77 Å². The first-order valence-electron chi connectivity index (χ1n) is 4.99. The Morgan fingerprint density at radius 3 is 2.57 bits per heavy atom. The van der Waals surface area contributed by atoms with Gasteiger partial charge in [0.2, 0.25) is 5.95 Å². The lowest BCUT2D eigenvalue weighted by Gasteiger charge is -2.27. The van der Waals surface area contributed by atoms with Gasteiger partial charge in [0, 0.05) is 19.6 Å². The molecule has 0 saturated carbocycles. The lowest BCUT2D eigenvalue weighted by atomic mass is 10.2. The molecule has 0 aromatic carbocycles. The summed E-state index contributed by atoms with van der Waals surface area (Å²) in [6.07, 6.45) is 1.10. The number of aromatic amines is 1. The first-order valence-corrected chi connectivity index (χ1v) is 5.40. The highest BCUT2D eigenvalue weighted by atomic mass is 32.1. The number of hydrogen-bond donors (Lipinski definition) is 1. The number of aromatic nitrogens is 3. The van der Waals surface area contributed by atoms with Crippen molar-refractivity contribution in [3.8, 4) is 0 Å². The third kappa shape index (κ3) is 1.97. The van der Waals surface area contributed by atoms with Crippen molar-refractivity contribution in [1.82, 2.24) is 14.8 Å². The Kier molecular flexibility index (Phi) is 3.69. The van der Waals surface area contributed by atoms with E-state index in [1.54, 1.807) is 0 Å². The van der Waals surface area contributed by atoms with Crippen LogP contribution in [0.3, 0.4) is 0 Å². The standard InChI is InChI=1S/C9H18N4S/c1-5-7(3)13(6-2)8-10-11-9(14)12(8)4/h7H,5-6H2,1-4H3,(H,11,14). The van der Waals surface area contributed by atoms with E-state index >= 15 is 0 Å². The van der Waals surface area contributed by atoms with Gasteiger partial charge in [-0.2, -0.15) is 0 Å². The van der Waals surface area contributed by atoms with Gasteiger partial charge in [0.15, 0.2) is 4.77 Å². The Labute approximate surface area is 89.9 Å². The van der Waals surface area contributed by atoms with Gasteiger partial charge in [0.25, 0.3) is 0 Å². The summed E-state index contributed by atoms with van der Waals surface area (Å²) >= 11 is 5.08. The van der Waals surface area contributed by atoms with Gasteiger partial charge in [-0.15, -0.1) is 5.10 Å². The maximum Gasteiger partial charge on any atom is 0.225 e. The van der Waals surface area contributed by atoms with E-state index in [-0.39, 0.29) is 0 Å². The molecule has 80 valence electrons. The molecule has 0 fully saturated rings. The largest absolute Gasteiger partial charge is 0.339 e. The van der Waals surface area contributed by atoms with E-state index in [1.165, 1.54) is 0 Å². The average molecular weight is 214 g/mol. The minimum atomic E-state index is 0.490. The van der Waals surface area contributed by atoms with Crippen LogP contribution in [0.5, 0.6) is 0 Å². The molecule has 1 heterocycles. The van der Waals surface area contributed by atoms with Crippen molar-refractivity contribution in [3.63, 3.8) is 0 Å². The molecule has 1 aromatic heterocycles. The van der Waals surface area contributed by atoms with E-state index in [2.05, 4.69) is 35.9 Å². The smallest absolute Gasteiger partial charge is 0.225 e. The van der Waals surface area contributed by atoms with E-state index < -0.39 is 0 Å². The molecule has 1 rings (SSSR count). The number of anilines is 1. The van der Waals surface area contributed by atoms with E-state index in [1.807, 2.05) is 11.6 Å². The van der Waals surface area contributed by atoms with E-state index in [0.717, 1.165) is 18.9 Å². The number of rotatable bonds is 4. The first-order chi connectivity index (χ1) is 6.61. The molecule has 1 N–H and O–H groups in total. The van der Waals surface area contributed by atoms with Crippen LogP contribution in [0.4, 0.5) is 5.95 Å². The van der Waals surface area contributed by atoms with E-state index in [9.17, 15) is 0 Å². The van der Waals surface area contributed by atoms with Gasteiger partial charge in [-0.05, 0) is 32.5 Å². The third-order valence-electron chi connectivity index (χ3n) is 2.58. The number of H-pyrrole nitrogens is 1. The molecule has 1 unspecified atom stereocenters. The van der Waals surface area contributed by atoms with Crippen LogP contribution in [0.2, 0.25) is 0 Å². The second kappa shape index (κ2) is 4.59. The Morgan fingerprint density at radius 2 is 2.21 bits per heavy atom. The van der Waals surface area contributed by atoms with Crippen LogP contribution >= 0.6 is 12.2 Å². The fourth-order valence-corrected chi connectivity index (χ4v) is 1.59. The van der Waals surface area contributed by atoms with Crippen LogP contribution in [-0.4, -0.2) is 27.4 Å². The number of hydrogen-bond acceptors (Lipinski definition) is 3. The van der Waals surface area contributed by atoms with Gasteiger partial charge in [-0.1, -0.05) is 6.92 Å². The topological polar surface area (TPSA) is 36.9 Å². The minimum Gasteiger partial charge on any atom is -0.339 e. The molecular formula is C9H18N4S. The van der Waals surface area contributed by atoms with Crippen LogP contribution in [0.25, 0.3) is 0 Å². The van der Waals surface area contributed by atoms with Gasteiger partial charge in [-0.3, -0.25) is 4.57 Å². The van der Waals surface area contributed by atoms with Gasteiger partial charge in [0.1, 0.15) is 0 Å². The third-order valence-corrected chi connectivity index (χ3v) is 2.94. The maximum absolute atomic E-state index is 5.08. The van der Waals surface area contributed by atoms with Crippen molar-refractivity contribution in [2.24, 2.45) is 7.05 Å². The quantitative estimate of drug-likeness (QED) is 0.780. The summed E-state index contributed by atoms with van der Waals surface area (Å²) in [6, 6.07) is 0.490. The molecule has 14 heavy (non-hydrogen) atoms. The highest BCUT2D eigenvalue weighted by Crippen LogP contribution is 2.14. The molecule has 1 atom stereocenters. The Hall–Kier alpha value is -0.840. The van der Waals surface area contributed by atoms with Crippen molar-refractivity contribution in [1.29, 1.82) is 0 Å². The molecule has 0 aliphatic heterocycles. The summed E-state index contributed by atoms with van der Waals surface area (Å²) < 4.78 is 2.58. The SMILES string of the molecule is CCC(C)N(CC)c1n[nH]c(=S)n1C. The number of nitrogens with zero attached hydrogens (tertiary/aromatic N) is 3. The molecule has 1 aromatic rings. The summed E-state index contributed by atoms with van der Waals surface area (Å²) in [5, 5.41) is 7.03. The highest BCUT2D eigenvalue weighted by Gasteiger charge is 2.15.